The van der Waals surface area contributed by atoms with Gasteiger partial charge in [0.1, 0.15) is 0 Å². The third kappa shape index (κ3) is 2.99. The number of benzene rings is 1. The zero-order chi connectivity index (χ0) is 16.3. The molecule has 22 heavy (non-hydrogen) atoms. The van der Waals surface area contributed by atoms with Crippen molar-refractivity contribution in [1.82, 2.24) is 10.2 Å². The van der Waals surface area contributed by atoms with Gasteiger partial charge >= 0.3 is 12.0 Å². The second-order valence-electron chi connectivity index (χ2n) is 4.82. The molecule has 0 fully saturated rings. The molecule has 1 aliphatic heterocycles. The van der Waals surface area contributed by atoms with Crippen molar-refractivity contribution in [2.75, 3.05) is 13.7 Å². The van der Waals surface area contributed by atoms with Gasteiger partial charge in [-0.15, -0.1) is 6.58 Å². The highest BCUT2D eigenvalue weighted by molar-refractivity contribution is 6.30. The average Bonchev–Trinajstić information content (AvgIpc) is 2.51. The van der Waals surface area contributed by atoms with Crippen LogP contribution in [0, 0.1) is 0 Å². The third-order valence-electron chi connectivity index (χ3n) is 3.52. The predicted octanol–water partition coefficient (Wildman–Crippen LogP) is 3.04. The molecule has 0 saturated carbocycles. The van der Waals surface area contributed by atoms with Crippen LogP contribution in [0.5, 0.6) is 0 Å². The molecule has 1 aromatic carbocycles. The standard InChI is InChI=1S/C16H17ClN2O3/c1-4-9-19-10(2)13(15(20)22-3)14(18-16(19)21)11-5-7-12(17)8-6-11/h4-8,14H,1,9H2,2-3H3,(H,18,21)/t14-/m0/s1. The quantitative estimate of drug-likeness (QED) is 0.685. The SMILES string of the molecule is C=CCN1C(=O)N[C@@H](c2ccc(Cl)cc2)C(C(=O)OC)=C1C. The Bertz CT molecular complexity index is 637. The van der Waals surface area contributed by atoms with Crippen molar-refractivity contribution >= 4 is 23.6 Å². The lowest BCUT2D eigenvalue weighted by Gasteiger charge is -2.34. The summed E-state index contributed by atoms with van der Waals surface area (Å²) in [5, 5.41) is 3.40. The zero-order valence-corrected chi connectivity index (χ0v) is 13.2. The topological polar surface area (TPSA) is 58.6 Å². The number of halogens is 1. The van der Waals surface area contributed by atoms with Crippen LogP contribution in [0.4, 0.5) is 4.79 Å². The fourth-order valence-corrected chi connectivity index (χ4v) is 2.54. The summed E-state index contributed by atoms with van der Waals surface area (Å²) in [4.78, 5) is 25.9. The minimum Gasteiger partial charge on any atom is -0.466 e. The van der Waals surface area contributed by atoms with Gasteiger partial charge in [0.25, 0.3) is 0 Å². The molecule has 1 atom stereocenters. The van der Waals surface area contributed by atoms with Crippen LogP contribution in [0.2, 0.25) is 5.02 Å². The maximum atomic E-state index is 12.3. The van der Waals surface area contributed by atoms with Crippen molar-refractivity contribution in [3.8, 4) is 0 Å². The van der Waals surface area contributed by atoms with Crippen molar-refractivity contribution in [3.63, 3.8) is 0 Å². The number of urea groups is 1. The van der Waals surface area contributed by atoms with Gasteiger partial charge < -0.3 is 10.1 Å². The van der Waals surface area contributed by atoms with Crippen molar-refractivity contribution < 1.29 is 14.3 Å². The number of nitrogens with one attached hydrogen (secondary N) is 1. The first-order valence-electron chi connectivity index (χ1n) is 6.73. The van der Waals surface area contributed by atoms with E-state index in [0.717, 1.165) is 5.56 Å². The first kappa shape index (κ1) is 16.1. The Morgan fingerprint density at radius 2 is 2.09 bits per heavy atom. The highest BCUT2D eigenvalue weighted by atomic mass is 35.5. The number of allylic oxidation sites excluding steroid dienone is 1. The van der Waals surface area contributed by atoms with Crippen LogP contribution in [-0.2, 0) is 9.53 Å². The molecular formula is C16H17ClN2O3. The largest absolute Gasteiger partial charge is 0.466 e. The van der Waals surface area contributed by atoms with Crippen LogP contribution in [0.15, 0.2) is 48.2 Å². The lowest BCUT2D eigenvalue weighted by Crippen LogP contribution is -2.47. The van der Waals surface area contributed by atoms with E-state index >= 15 is 0 Å². The molecule has 2 amide bonds. The van der Waals surface area contributed by atoms with Gasteiger partial charge in [0, 0.05) is 17.3 Å². The van der Waals surface area contributed by atoms with Crippen LogP contribution in [0.3, 0.4) is 0 Å². The van der Waals surface area contributed by atoms with Gasteiger partial charge in [-0.1, -0.05) is 29.8 Å². The maximum Gasteiger partial charge on any atom is 0.337 e. The molecular weight excluding hydrogens is 304 g/mol. The summed E-state index contributed by atoms with van der Waals surface area (Å²) in [6, 6.07) is 6.11. The summed E-state index contributed by atoms with van der Waals surface area (Å²) in [7, 11) is 1.32. The molecule has 1 aliphatic rings. The van der Waals surface area contributed by atoms with Crippen LogP contribution < -0.4 is 5.32 Å². The van der Waals surface area contributed by atoms with E-state index in [0.29, 0.717) is 22.8 Å². The molecule has 1 heterocycles. The molecule has 5 nitrogen and oxygen atoms in total. The van der Waals surface area contributed by atoms with Crippen molar-refractivity contribution in [2.45, 2.75) is 13.0 Å². The molecule has 0 saturated heterocycles. The van der Waals surface area contributed by atoms with Gasteiger partial charge in [-0.25, -0.2) is 9.59 Å². The Hall–Kier alpha value is -2.27. The van der Waals surface area contributed by atoms with Crippen LogP contribution in [-0.4, -0.2) is 30.6 Å². The van der Waals surface area contributed by atoms with Crippen molar-refractivity contribution in [3.05, 3.63) is 58.8 Å². The normalized spacial score (nSPS) is 18.0. The number of ether oxygens (including phenoxy) is 1. The molecule has 0 aromatic heterocycles. The minimum atomic E-state index is -0.571. The van der Waals surface area contributed by atoms with Crippen molar-refractivity contribution in [2.24, 2.45) is 0 Å². The summed E-state index contributed by atoms with van der Waals surface area (Å²) >= 11 is 5.89. The number of hydrogen-bond acceptors (Lipinski definition) is 3. The number of methoxy groups -OCH3 is 1. The van der Waals surface area contributed by atoms with E-state index in [2.05, 4.69) is 11.9 Å². The summed E-state index contributed by atoms with van der Waals surface area (Å²) < 4.78 is 4.87. The zero-order valence-electron chi connectivity index (χ0n) is 12.4. The van der Waals surface area contributed by atoms with Gasteiger partial charge in [0.05, 0.1) is 18.7 Å². The molecule has 116 valence electrons. The lowest BCUT2D eigenvalue weighted by molar-refractivity contribution is -0.136. The number of esters is 1. The first-order valence-corrected chi connectivity index (χ1v) is 7.10. The fourth-order valence-electron chi connectivity index (χ4n) is 2.41. The van der Waals surface area contributed by atoms with Gasteiger partial charge in [0.2, 0.25) is 0 Å². The van der Waals surface area contributed by atoms with Crippen LogP contribution in [0.25, 0.3) is 0 Å². The number of nitrogens with zero attached hydrogens (tertiary/aromatic N) is 1. The number of carbonyl (C=O) groups is 2. The number of rotatable bonds is 4. The summed E-state index contributed by atoms with van der Waals surface area (Å²) in [6.45, 7) is 5.66. The van der Waals surface area contributed by atoms with E-state index < -0.39 is 12.0 Å². The molecule has 1 aromatic rings. The lowest BCUT2D eigenvalue weighted by atomic mass is 9.95. The van der Waals surface area contributed by atoms with E-state index in [1.807, 2.05) is 0 Å². The highest BCUT2D eigenvalue weighted by Gasteiger charge is 2.35. The first-order chi connectivity index (χ1) is 10.5. The third-order valence-corrected chi connectivity index (χ3v) is 3.77. The molecule has 1 N–H and O–H groups in total. The van der Waals surface area contributed by atoms with E-state index in [9.17, 15) is 9.59 Å². The average molecular weight is 321 g/mol. The van der Waals surface area contributed by atoms with E-state index in [1.165, 1.54) is 12.0 Å². The second kappa shape index (κ2) is 6.66. The summed E-state index contributed by atoms with van der Waals surface area (Å²) in [5.41, 5.74) is 1.71. The number of hydrogen-bond donors (Lipinski definition) is 1. The molecule has 6 heteroatoms. The van der Waals surface area contributed by atoms with E-state index in [-0.39, 0.29) is 6.03 Å². The maximum absolute atomic E-state index is 12.3. The number of amides is 2. The molecule has 0 unspecified atom stereocenters. The molecule has 0 radical (unpaired) electrons. The Kier molecular flexibility index (Phi) is 4.88. The Morgan fingerprint density at radius 1 is 1.45 bits per heavy atom. The molecule has 2 rings (SSSR count). The van der Waals surface area contributed by atoms with Gasteiger partial charge in [-0.3, -0.25) is 4.90 Å². The Labute approximate surface area is 134 Å². The predicted molar refractivity (Wildman–Crippen MR) is 84.3 cm³/mol. The van der Waals surface area contributed by atoms with Crippen LogP contribution >= 0.6 is 11.6 Å². The monoisotopic (exact) mass is 320 g/mol. The van der Waals surface area contributed by atoms with Gasteiger partial charge in [-0.2, -0.15) is 0 Å². The molecule has 0 bridgehead atoms. The molecule has 0 spiro atoms. The van der Waals surface area contributed by atoms with E-state index in [1.54, 1.807) is 37.3 Å². The Morgan fingerprint density at radius 3 is 2.64 bits per heavy atom. The second-order valence-corrected chi connectivity index (χ2v) is 5.26. The van der Waals surface area contributed by atoms with Crippen molar-refractivity contribution in [1.29, 1.82) is 0 Å². The fraction of sp³-hybridized carbons (Fsp3) is 0.250. The minimum absolute atomic E-state index is 0.287. The smallest absolute Gasteiger partial charge is 0.337 e. The summed E-state index contributed by atoms with van der Waals surface area (Å²) in [6.07, 6.45) is 1.60. The highest BCUT2D eigenvalue weighted by Crippen LogP contribution is 2.31. The Balaban J connectivity index is 2.52. The van der Waals surface area contributed by atoms with Gasteiger partial charge in [-0.05, 0) is 24.6 Å². The van der Waals surface area contributed by atoms with Crippen LogP contribution in [0.1, 0.15) is 18.5 Å². The van der Waals surface area contributed by atoms with E-state index in [4.69, 9.17) is 16.3 Å². The summed E-state index contributed by atoms with van der Waals surface area (Å²) in [5.74, 6) is -0.480. The van der Waals surface area contributed by atoms with Gasteiger partial charge in [0.15, 0.2) is 0 Å². The molecule has 0 aliphatic carbocycles. The number of carbonyl (C=O) groups excluding carboxylic acids is 2.